The molecule has 0 spiro atoms. The molecule has 2 heterocycles. The van der Waals surface area contributed by atoms with Crippen LogP contribution in [-0.4, -0.2) is 29.4 Å². The maximum absolute atomic E-state index is 12.1. The zero-order chi connectivity index (χ0) is 14.6. The van der Waals surface area contributed by atoms with Gasteiger partial charge in [0.1, 0.15) is 4.47 Å². The van der Waals surface area contributed by atoms with E-state index < -0.39 is 0 Å². The summed E-state index contributed by atoms with van der Waals surface area (Å²) in [5.41, 5.74) is 1.01. The Morgan fingerprint density at radius 2 is 2.20 bits per heavy atom. The Balaban J connectivity index is 2.06. The molecule has 6 heteroatoms. The van der Waals surface area contributed by atoms with Gasteiger partial charge in [-0.3, -0.25) is 4.79 Å². The first-order chi connectivity index (χ1) is 9.56. The molecule has 0 saturated carbocycles. The van der Waals surface area contributed by atoms with Gasteiger partial charge in [-0.05, 0) is 53.7 Å². The first-order valence-corrected chi connectivity index (χ1v) is 8.05. The number of aromatic nitrogens is 2. The Morgan fingerprint density at radius 1 is 1.50 bits per heavy atom. The van der Waals surface area contributed by atoms with E-state index in [4.69, 9.17) is 0 Å². The summed E-state index contributed by atoms with van der Waals surface area (Å²) in [6.07, 6.45) is 4.94. The van der Waals surface area contributed by atoms with Crippen LogP contribution < -0.4 is 16.2 Å². The number of nitrogens with one attached hydrogen (secondary N) is 2. The predicted molar refractivity (Wildman–Crippen MR) is 85.2 cm³/mol. The van der Waals surface area contributed by atoms with E-state index in [1.165, 1.54) is 4.68 Å². The predicted octanol–water partition coefficient (Wildman–Crippen LogP) is 2.22. The molecule has 1 aliphatic rings. The molecule has 0 radical (unpaired) electrons. The van der Waals surface area contributed by atoms with Crippen molar-refractivity contribution in [2.24, 2.45) is 5.41 Å². The lowest BCUT2D eigenvalue weighted by Gasteiger charge is -2.34. The van der Waals surface area contributed by atoms with Gasteiger partial charge in [0.05, 0.1) is 11.9 Å². The highest BCUT2D eigenvalue weighted by molar-refractivity contribution is 9.10. The number of halogens is 1. The molecule has 0 aliphatic carbocycles. The summed E-state index contributed by atoms with van der Waals surface area (Å²) in [4.78, 5) is 12.1. The number of nitrogens with zero attached hydrogens (tertiary/aromatic N) is 2. The summed E-state index contributed by atoms with van der Waals surface area (Å²) in [6.45, 7) is 7.98. The number of aryl methyl sites for hydroxylation is 1. The largest absolute Gasteiger partial charge is 0.382 e. The van der Waals surface area contributed by atoms with Gasteiger partial charge >= 0.3 is 0 Å². The molecular formula is C14H23BrN4O. The summed E-state index contributed by atoms with van der Waals surface area (Å²) < 4.78 is 2.08. The second-order valence-corrected chi connectivity index (χ2v) is 6.61. The SMILES string of the molecule is CCCn1ncc(NCC2(C)CCNCC2)c(Br)c1=O. The Morgan fingerprint density at radius 3 is 2.85 bits per heavy atom. The number of hydrogen-bond acceptors (Lipinski definition) is 4. The van der Waals surface area contributed by atoms with E-state index in [1.54, 1.807) is 6.20 Å². The lowest BCUT2D eigenvalue weighted by Crippen LogP contribution is -2.39. The third kappa shape index (κ3) is 3.61. The van der Waals surface area contributed by atoms with E-state index in [0.717, 1.165) is 44.6 Å². The third-order valence-corrected chi connectivity index (χ3v) is 4.70. The Hall–Kier alpha value is -0.880. The van der Waals surface area contributed by atoms with Crippen LogP contribution in [0.3, 0.4) is 0 Å². The Bertz CT molecular complexity index is 508. The Labute approximate surface area is 128 Å². The minimum atomic E-state index is -0.0627. The summed E-state index contributed by atoms with van der Waals surface area (Å²) in [5.74, 6) is 0. The molecule has 0 aromatic carbocycles. The van der Waals surface area contributed by atoms with E-state index in [2.05, 4.69) is 38.6 Å². The summed E-state index contributed by atoms with van der Waals surface area (Å²) >= 11 is 3.40. The van der Waals surface area contributed by atoms with Crippen LogP contribution in [-0.2, 0) is 6.54 Å². The summed E-state index contributed by atoms with van der Waals surface area (Å²) in [6, 6.07) is 0. The topological polar surface area (TPSA) is 59.0 Å². The highest BCUT2D eigenvalue weighted by atomic mass is 79.9. The molecule has 1 aliphatic heterocycles. The normalized spacial score (nSPS) is 17.9. The molecule has 2 N–H and O–H groups in total. The first-order valence-electron chi connectivity index (χ1n) is 7.26. The lowest BCUT2D eigenvalue weighted by molar-refractivity contribution is 0.247. The van der Waals surface area contributed by atoms with Crippen LogP contribution in [0.15, 0.2) is 15.5 Å². The molecule has 1 fully saturated rings. The quantitative estimate of drug-likeness (QED) is 0.861. The highest BCUT2D eigenvalue weighted by Gasteiger charge is 2.26. The maximum atomic E-state index is 12.1. The zero-order valence-corrected chi connectivity index (χ0v) is 13.8. The van der Waals surface area contributed by atoms with Crippen molar-refractivity contribution < 1.29 is 0 Å². The molecule has 1 aromatic rings. The molecule has 1 saturated heterocycles. The molecular weight excluding hydrogens is 320 g/mol. The number of rotatable bonds is 5. The van der Waals surface area contributed by atoms with E-state index in [-0.39, 0.29) is 11.0 Å². The van der Waals surface area contributed by atoms with Gasteiger partial charge in [0.25, 0.3) is 5.56 Å². The summed E-state index contributed by atoms with van der Waals surface area (Å²) in [5, 5.41) is 11.0. The third-order valence-electron chi connectivity index (χ3n) is 3.94. The number of anilines is 1. The maximum Gasteiger partial charge on any atom is 0.283 e. The van der Waals surface area contributed by atoms with Crippen LogP contribution in [0.1, 0.15) is 33.1 Å². The molecule has 1 aromatic heterocycles. The van der Waals surface area contributed by atoms with Gasteiger partial charge in [-0.2, -0.15) is 5.10 Å². The highest BCUT2D eigenvalue weighted by Crippen LogP contribution is 2.29. The van der Waals surface area contributed by atoms with Crippen LogP contribution in [0.2, 0.25) is 0 Å². The second kappa shape index (κ2) is 6.72. The minimum Gasteiger partial charge on any atom is -0.382 e. The van der Waals surface area contributed by atoms with Gasteiger partial charge in [0.2, 0.25) is 0 Å². The van der Waals surface area contributed by atoms with Crippen molar-refractivity contribution in [3.8, 4) is 0 Å². The lowest BCUT2D eigenvalue weighted by atomic mass is 9.81. The van der Waals surface area contributed by atoms with Crippen molar-refractivity contribution in [1.82, 2.24) is 15.1 Å². The Kier molecular flexibility index (Phi) is 5.21. The minimum absolute atomic E-state index is 0.0627. The van der Waals surface area contributed by atoms with Crippen LogP contribution in [0, 0.1) is 5.41 Å². The number of piperidine rings is 1. The molecule has 0 bridgehead atoms. The van der Waals surface area contributed by atoms with Crippen molar-refractivity contribution in [3.05, 3.63) is 21.0 Å². The molecule has 0 amide bonds. The van der Waals surface area contributed by atoms with Crippen LogP contribution >= 0.6 is 15.9 Å². The second-order valence-electron chi connectivity index (χ2n) is 5.81. The van der Waals surface area contributed by atoms with Crippen molar-refractivity contribution in [2.45, 2.75) is 39.7 Å². The fourth-order valence-corrected chi connectivity index (χ4v) is 2.92. The standard InChI is InChI=1S/C14H23BrN4O/c1-3-8-19-13(20)12(15)11(9-18-19)17-10-14(2)4-6-16-7-5-14/h9,16-17H,3-8,10H2,1-2H3. The fraction of sp³-hybridized carbons (Fsp3) is 0.714. The molecule has 112 valence electrons. The van der Waals surface area contributed by atoms with Crippen molar-refractivity contribution in [1.29, 1.82) is 0 Å². The van der Waals surface area contributed by atoms with E-state index in [0.29, 0.717) is 11.0 Å². The van der Waals surface area contributed by atoms with Crippen molar-refractivity contribution in [2.75, 3.05) is 25.0 Å². The molecule has 5 nitrogen and oxygen atoms in total. The van der Waals surface area contributed by atoms with Crippen molar-refractivity contribution in [3.63, 3.8) is 0 Å². The molecule has 2 rings (SSSR count). The molecule has 20 heavy (non-hydrogen) atoms. The van der Waals surface area contributed by atoms with Crippen molar-refractivity contribution >= 4 is 21.6 Å². The first kappa shape index (κ1) is 15.5. The summed E-state index contributed by atoms with van der Waals surface area (Å²) in [7, 11) is 0. The van der Waals surface area contributed by atoms with E-state index >= 15 is 0 Å². The average molecular weight is 343 g/mol. The van der Waals surface area contributed by atoms with Gasteiger partial charge in [0, 0.05) is 13.1 Å². The average Bonchev–Trinajstić information content (AvgIpc) is 2.44. The molecule has 0 atom stereocenters. The monoisotopic (exact) mass is 342 g/mol. The van der Waals surface area contributed by atoms with E-state index in [1.807, 2.05) is 6.92 Å². The van der Waals surface area contributed by atoms with Crippen LogP contribution in [0.4, 0.5) is 5.69 Å². The number of hydrogen-bond donors (Lipinski definition) is 2. The molecule has 0 unspecified atom stereocenters. The zero-order valence-electron chi connectivity index (χ0n) is 12.2. The van der Waals surface area contributed by atoms with Gasteiger partial charge in [-0.1, -0.05) is 13.8 Å². The van der Waals surface area contributed by atoms with Gasteiger partial charge < -0.3 is 10.6 Å². The fourth-order valence-electron chi connectivity index (χ4n) is 2.48. The van der Waals surface area contributed by atoms with Gasteiger partial charge in [-0.25, -0.2) is 4.68 Å². The smallest absolute Gasteiger partial charge is 0.283 e. The van der Waals surface area contributed by atoms with Crippen LogP contribution in [0.5, 0.6) is 0 Å². The van der Waals surface area contributed by atoms with Gasteiger partial charge in [-0.15, -0.1) is 0 Å². The van der Waals surface area contributed by atoms with Crippen LogP contribution in [0.25, 0.3) is 0 Å². The van der Waals surface area contributed by atoms with Gasteiger partial charge in [0.15, 0.2) is 0 Å². The van der Waals surface area contributed by atoms with E-state index in [9.17, 15) is 4.79 Å².